The Morgan fingerprint density at radius 1 is 1.30 bits per heavy atom. The minimum absolute atomic E-state index is 0.0390. The largest absolute Gasteiger partial charge is 0.373 e. The van der Waals surface area contributed by atoms with Gasteiger partial charge in [-0.2, -0.15) is 0 Å². The highest BCUT2D eigenvalue weighted by Crippen LogP contribution is 2.33. The van der Waals surface area contributed by atoms with Crippen LogP contribution in [0.1, 0.15) is 46.3 Å². The molecule has 2 saturated heterocycles. The summed E-state index contributed by atoms with van der Waals surface area (Å²) in [5.41, 5.74) is 0. The lowest BCUT2D eigenvalue weighted by Gasteiger charge is -2.15. The summed E-state index contributed by atoms with van der Waals surface area (Å²) in [4.78, 5) is 13.8. The van der Waals surface area contributed by atoms with Crippen LogP contribution in [0.5, 0.6) is 0 Å². The van der Waals surface area contributed by atoms with E-state index in [0.29, 0.717) is 18.0 Å². The Morgan fingerprint density at radius 3 is 2.78 bits per heavy atom. The Hall–Kier alpha value is -0.960. The monoisotopic (exact) mass is 358 g/mol. The van der Waals surface area contributed by atoms with Crippen LogP contribution in [0.15, 0.2) is 12.1 Å². The Labute approximate surface area is 140 Å². The molecule has 0 spiro atoms. The van der Waals surface area contributed by atoms with E-state index >= 15 is 0 Å². The predicted octanol–water partition coefficient (Wildman–Crippen LogP) is 1.75. The first-order valence-electron chi connectivity index (χ1n) is 8.03. The maximum Gasteiger partial charge on any atom is 0.261 e. The zero-order valence-electron chi connectivity index (χ0n) is 13.0. The van der Waals surface area contributed by atoms with Gasteiger partial charge in [0.05, 0.1) is 16.7 Å². The number of hydrogen-bond acceptors (Lipinski definition) is 5. The molecule has 0 bridgehead atoms. The maximum absolute atomic E-state index is 12.1. The van der Waals surface area contributed by atoms with Crippen molar-refractivity contribution in [3.8, 4) is 0 Å². The molecule has 2 fully saturated rings. The van der Waals surface area contributed by atoms with E-state index in [4.69, 9.17) is 4.74 Å². The van der Waals surface area contributed by atoms with Crippen LogP contribution in [0, 0.1) is 0 Å². The third-order valence-electron chi connectivity index (χ3n) is 4.20. The SMILES string of the molecule is O=C(NCCS(=O)(=O)N1CCCC1)c1ccc([C@H]2CCCO2)s1. The summed E-state index contributed by atoms with van der Waals surface area (Å²) in [6.45, 7) is 2.13. The summed E-state index contributed by atoms with van der Waals surface area (Å²) in [5.74, 6) is -0.251. The number of nitrogens with one attached hydrogen (secondary N) is 1. The third kappa shape index (κ3) is 4.12. The molecule has 0 radical (unpaired) electrons. The number of thiophene rings is 1. The smallest absolute Gasteiger partial charge is 0.261 e. The number of carbonyl (C=O) groups is 1. The molecule has 3 rings (SSSR count). The maximum atomic E-state index is 12.1. The molecule has 1 amide bonds. The van der Waals surface area contributed by atoms with Gasteiger partial charge in [0.2, 0.25) is 10.0 Å². The van der Waals surface area contributed by atoms with Crippen LogP contribution in [-0.4, -0.2) is 50.6 Å². The van der Waals surface area contributed by atoms with Gasteiger partial charge in [-0.15, -0.1) is 11.3 Å². The molecule has 3 heterocycles. The zero-order valence-corrected chi connectivity index (χ0v) is 14.6. The summed E-state index contributed by atoms with van der Waals surface area (Å²) >= 11 is 1.42. The van der Waals surface area contributed by atoms with E-state index in [1.54, 1.807) is 6.07 Å². The highest BCUT2D eigenvalue weighted by molar-refractivity contribution is 7.89. The van der Waals surface area contributed by atoms with E-state index in [1.807, 2.05) is 6.07 Å². The summed E-state index contributed by atoms with van der Waals surface area (Å²) < 4.78 is 31.3. The van der Waals surface area contributed by atoms with Gasteiger partial charge in [0, 0.05) is 31.1 Å². The molecule has 1 N–H and O–H groups in total. The molecule has 1 atom stereocenters. The molecule has 0 unspecified atom stereocenters. The van der Waals surface area contributed by atoms with Crippen molar-refractivity contribution in [1.82, 2.24) is 9.62 Å². The van der Waals surface area contributed by atoms with Crippen molar-refractivity contribution >= 4 is 27.3 Å². The van der Waals surface area contributed by atoms with Crippen LogP contribution in [0.25, 0.3) is 0 Å². The molecule has 1 aromatic rings. The summed E-state index contributed by atoms with van der Waals surface area (Å²) in [5, 5.41) is 2.71. The number of sulfonamides is 1. The van der Waals surface area contributed by atoms with Gasteiger partial charge in [-0.05, 0) is 37.8 Å². The van der Waals surface area contributed by atoms with Gasteiger partial charge in [-0.3, -0.25) is 4.79 Å². The third-order valence-corrected chi connectivity index (χ3v) is 7.25. The van der Waals surface area contributed by atoms with Gasteiger partial charge in [0.1, 0.15) is 0 Å². The second-order valence-corrected chi connectivity index (χ2v) is 9.09. The van der Waals surface area contributed by atoms with Crippen LogP contribution in [0.3, 0.4) is 0 Å². The Bertz CT molecular complexity index is 644. The predicted molar refractivity (Wildman–Crippen MR) is 89.2 cm³/mol. The van der Waals surface area contributed by atoms with Crippen LogP contribution in [0.4, 0.5) is 0 Å². The molecule has 6 nitrogen and oxygen atoms in total. The Kier molecular flexibility index (Phi) is 5.35. The van der Waals surface area contributed by atoms with E-state index in [-0.39, 0.29) is 24.3 Å². The first-order chi connectivity index (χ1) is 11.1. The molecule has 128 valence electrons. The van der Waals surface area contributed by atoms with Crippen molar-refractivity contribution < 1.29 is 17.9 Å². The van der Waals surface area contributed by atoms with Gasteiger partial charge < -0.3 is 10.1 Å². The van der Waals surface area contributed by atoms with Crippen molar-refractivity contribution in [3.63, 3.8) is 0 Å². The summed E-state index contributed by atoms with van der Waals surface area (Å²) in [6.07, 6.45) is 4.00. The molecule has 1 aromatic heterocycles. The standard InChI is InChI=1S/C15H22N2O4S2/c18-15(14-6-5-13(22-14)12-4-3-10-21-12)16-7-11-23(19,20)17-8-1-2-9-17/h5-6,12H,1-4,7-11H2,(H,16,18)/t12-/m1/s1. The van der Waals surface area contributed by atoms with Gasteiger partial charge in [-0.1, -0.05) is 0 Å². The van der Waals surface area contributed by atoms with Crippen LogP contribution in [0.2, 0.25) is 0 Å². The van der Waals surface area contributed by atoms with E-state index in [1.165, 1.54) is 15.6 Å². The fourth-order valence-electron chi connectivity index (χ4n) is 2.93. The summed E-state index contributed by atoms with van der Waals surface area (Å²) in [7, 11) is -3.24. The van der Waals surface area contributed by atoms with Crippen molar-refractivity contribution in [2.45, 2.75) is 31.8 Å². The second kappa shape index (κ2) is 7.29. The zero-order chi connectivity index (χ0) is 16.3. The van der Waals surface area contributed by atoms with E-state index < -0.39 is 10.0 Å². The molecule has 0 aromatic carbocycles. The van der Waals surface area contributed by atoms with E-state index in [9.17, 15) is 13.2 Å². The number of ether oxygens (including phenoxy) is 1. The highest BCUT2D eigenvalue weighted by atomic mass is 32.2. The highest BCUT2D eigenvalue weighted by Gasteiger charge is 2.25. The van der Waals surface area contributed by atoms with Gasteiger partial charge in [0.25, 0.3) is 5.91 Å². The van der Waals surface area contributed by atoms with E-state index in [2.05, 4.69) is 5.32 Å². The topological polar surface area (TPSA) is 75.7 Å². The molecule has 23 heavy (non-hydrogen) atoms. The quantitative estimate of drug-likeness (QED) is 0.841. The first-order valence-corrected chi connectivity index (χ1v) is 10.5. The fourth-order valence-corrected chi connectivity index (χ4v) is 5.37. The lowest BCUT2D eigenvalue weighted by molar-refractivity contribution is 0.0960. The van der Waals surface area contributed by atoms with Crippen molar-refractivity contribution in [2.24, 2.45) is 0 Å². The Balaban J connectivity index is 1.49. The summed E-state index contributed by atoms with van der Waals surface area (Å²) in [6, 6.07) is 3.71. The minimum Gasteiger partial charge on any atom is -0.373 e. The fraction of sp³-hybridized carbons (Fsp3) is 0.667. The molecule has 2 aliphatic heterocycles. The number of nitrogens with zero attached hydrogens (tertiary/aromatic N) is 1. The van der Waals surface area contributed by atoms with Gasteiger partial charge >= 0.3 is 0 Å². The van der Waals surface area contributed by atoms with Crippen LogP contribution in [-0.2, 0) is 14.8 Å². The minimum atomic E-state index is -3.24. The van der Waals surface area contributed by atoms with Crippen molar-refractivity contribution in [1.29, 1.82) is 0 Å². The van der Waals surface area contributed by atoms with Gasteiger partial charge in [-0.25, -0.2) is 12.7 Å². The number of rotatable bonds is 6. The normalized spacial score (nSPS) is 22.5. The average Bonchev–Trinajstić information content (AvgIpc) is 3.26. The number of carbonyl (C=O) groups excluding carboxylic acids is 1. The number of hydrogen-bond donors (Lipinski definition) is 1. The van der Waals surface area contributed by atoms with Crippen molar-refractivity contribution in [2.75, 3.05) is 32.0 Å². The van der Waals surface area contributed by atoms with Crippen LogP contribution >= 0.6 is 11.3 Å². The second-order valence-electron chi connectivity index (χ2n) is 5.88. The molecule has 0 saturated carbocycles. The molecular weight excluding hydrogens is 336 g/mol. The first kappa shape index (κ1) is 16.9. The molecular formula is C15H22N2O4S2. The molecule has 8 heteroatoms. The van der Waals surface area contributed by atoms with Crippen LogP contribution < -0.4 is 5.32 Å². The molecule has 0 aliphatic carbocycles. The molecule has 2 aliphatic rings. The van der Waals surface area contributed by atoms with Crippen molar-refractivity contribution in [3.05, 3.63) is 21.9 Å². The lowest BCUT2D eigenvalue weighted by atomic mass is 10.2. The van der Waals surface area contributed by atoms with E-state index in [0.717, 1.165) is 37.2 Å². The number of amides is 1. The Morgan fingerprint density at radius 2 is 2.09 bits per heavy atom. The van der Waals surface area contributed by atoms with Gasteiger partial charge in [0.15, 0.2) is 0 Å². The lowest BCUT2D eigenvalue weighted by Crippen LogP contribution is -2.36. The average molecular weight is 358 g/mol.